The Hall–Kier alpha value is -4.01. The highest BCUT2D eigenvalue weighted by molar-refractivity contribution is 6.01. The average molecular weight is 438 g/mol. The Morgan fingerprint density at radius 2 is 1.81 bits per heavy atom. The first-order valence-corrected chi connectivity index (χ1v) is 9.82. The van der Waals surface area contributed by atoms with Crippen LogP contribution in [0.25, 0.3) is 0 Å². The zero-order valence-corrected chi connectivity index (χ0v) is 17.6. The van der Waals surface area contributed by atoms with Gasteiger partial charge >= 0.3 is 11.9 Å². The van der Waals surface area contributed by atoms with Crippen LogP contribution in [-0.4, -0.2) is 35.4 Å². The van der Waals surface area contributed by atoms with E-state index in [0.29, 0.717) is 23.5 Å². The van der Waals surface area contributed by atoms with Gasteiger partial charge in [-0.15, -0.1) is 0 Å². The topological polar surface area (TPSA) is 116 Å². The number of amides is 1. The molecule has 0 radical (unpaired) electrons. The van der Waals surface area contributed by atoms with Gasteiger partial charge in [0.2, 0.25) is 6.20 Å². The zero-order valence-electron chi connectivity index (χ0n) is 17.6. The van der Waals surface area contributed by atoms with Gasteiger partial charge in [0, 0.05) is 17.6 Å². The number of anilines is 1. The third-order valence-corrected chi connectivity index (χ3v) is 4.96. The third-order valence-electron chi connectivity index (χ3n) is 4.96. The molecular formula is C23H22N2O7. The Morgan fingerprint density at radius 1 is 1.16 bits per heavy atom. The maximum absolute atomic E-state index is 12.9. The molecule has 9 nitrogen and oxygen atoms in total. The number of nitrogens with zero attached hydrogens (tertiary/aromatic N) is 2. The van der Waals surface area contributed by atoms with E-state index in [9.17, 15) is 24.5 Å². The highest BCUT2D eigenvalue weighted by atomic mass is 16.6. The van der Waals surface area contributed by atoms with Crippen LogP contribution in [0.4, 0.5) is 5.69 Å². The molecule has 1 atom stereocenters. The first-order valence-electron chi connectivity index (χ1n) is 9.82. The third kappa shape index (κ3) is 5.37. The molecule has 0 spiro atoms. The van der Waals surface area contributed by atoms with Crippen LogP contribution >= 0.6 is 0 Å². The van der Waals surface area contributed by atoms with Gasteiger partial charge in [0.1, 0.15) is 6.61 Å². The monoisotopic (exact) mass is 438 g/mol. The smallest absolute Gasteiger partial charge is 0.338 e. The molecule has 1 heterocycles. The molecule has 1 fully saturated rings. The van der Waals surface area contributed by atoms with Gasteiger partial charge in [-0.25, -0.2) is 9.59 Å². The average Bonchev–Trinajstić information content (AvgIpc) is 3.00. The molecule has 1 aliphatic heterocycles. The van der Waals surface area contributed by atoms with Gasteiger partial charge in [-0.2, -0.15) is 0 Å². The molecule has 0 aromatic heterocycles. The van der Waals surface area contributed by atoms with Gasteiger partial charge in [-0.1, -0.05) is 44.2 Å². The molecule has 32 heavy (non-hydrogen) atoms. The van der Waals surface area contributed by atoms with Crippen molar-refractivity contribution < 1.29 is 28.8 Å². The number of rotatable bonds is 7. The van der Waals surface area contributed by atoms with Crippen molar-refractivity contribution in [3.05, 3.63) is 88.1 Å². The maximum atomic E-state index is 12.9. The zero-order chi connectivity index (χ0) is 23.3. The van der Waals surface area contributed by atoms with Crippen molar-refractivity contribution in [2.75, 3.05) is 11.4 Å². The molecule has 166 valence electrons. The summed E-state index contributed by atoms with van der Waals surface area (Å²) in [7, 11) is 0. The fourth-order valence-corrected chi connectivity index (χ4v) is 3.33. The van der Waals surface area contributed by atoms with Gasteiger partial charge in [0.15, 0.2) is 6.10 Å². The number of ether oxygens (including phenoxy) is 2. The van der Waals surface area contributed by atoms with Crippen molar-refractivity contribution in [1.82, 2.24) is 0 Å². The quantitative estimate of drug-likeness (QED) is 0.282. The fraction of sp³-hybridized carbons (Fsp3) is 0.261. The number of hydrogen-bond donors (Lipinski definition) is 0. The van der Waals surface area contributed by atoms with Crippen LogP contribution in [0, 0.1) is 15.5 Å². The van der Waals surface area contributed by atoms with Crippen LogP contribution in [-0.2, 0) is 25.7 Å². The summed E-state index contributed by atoms with van der Waals surface area (Å²) < 4.78 is 10.5. The number of esters is 2. The van der Waals surface area contributed by atoms with Crippen molar-refractivity contribution >= 4 is 23.5 Å². The molecule has 0 N–H and O–H groups in total. The second kappa shape index (κ2) is 9.42. The highest BCUT2D eigenvalue weighted by Gasteiger charge is 2.49. The number of hydrogen-bond acceptors (Lipinski definition) is 7. The van der Waals surface area contributed by atoms with E-state index < -0.39 is 34.3 Å². The molecular weight excluding hydrogens is 416 g/mol. The molecule has 0 saturated carbocycles. The molecule has 1 saturated heterocycles. The van der Waals surface area contributed by atoms with Gasteiger partial charge in [-0.05, 0) is 29.8 Å². The lowest BCUT2D eigenvalue weighted by atomic mass is 9.89. The molecule has 2 aromatic rings. The second-order valence-electron chi connectivity index (χ2n) is 7.94. The van der Waals surface area contributed by atoms with E-state index >= 15 is 0 Å². The number of carbonyl (C=O) groups excluding carboxylic acids is 3. The lowest BCUT2D eigenvalue weighted by molar-refractivity contribution is -0.402. The number of carbonyl (C=O) groups is 3. The first kappa shape index (κ1) is 22.7. The Balaban J connectivity index is 1.66. The van der Waals surface area contributed by atoms with Gasteiger partial charge < -0.3 is 14.4 Å². The molecule has 9 heteroatoms. The Bertz CT molecular complexity index is 1050. The van der Waals surface area contributed by atoms with Crippen LogP contribution in [0.3, 0.4) is 0 Å². The largest absolute Gasteiger partial charge is 0.457 e. The van der Waals surface area contributed by atoms with E-state index in [-0.39, 0.29) is 13.2 Å². The molecule has 1 amide bonds. The van der Waals surface area contributed by atoms with Gasteiger partial charge in [0.05, 0.1) is 16.6 Å². The minimum absolute atomic E-state index is 0.151. The predicted octanol–water partition coefficient (Wildman–Crippen LogP) is 3.12. The Morgan fingerprint density at radius 3 is 2.44 bits per heavy atom. The first-order chi connectivity index (χ1) is 15.2. The summed E-state index contributed by atoms with van der Waals surface area (Å²) in [5.41, 5.74) is 1.02. The Kier molecular flexibility index (Phi) is 6.67. The summed E-state index contributed by atoms with van der Waals surface area (Å²) >= 11 is 0. The number of benzene rings is 2. The highest BCUT2D eigenvalue weighted by Crippen LogP contribution is 2.36. The fourth-order valence-electron chi connectivity index (χ4n) is 3.33. The summed E-state index contributed by atoms with van der Waals surface area (Å²) in [5.74, 6) is -1.90. The summed E-state index contributed by atoms with van der Waals surface area (Å²) in [5, 5.41) is 10.4. The summed E-state index contributed by atoms with van der Waals surface area (Å²) in [6.07, 6.45) is 0.0335. The van der Waals surface area contributed by atoms with E-state index in [1.807, 2.05) is 30.3 Å². The summed E-state index contributed by atoms with van der Waals surface area (Å²) in [6, 6.07) is 15.6. The minimum atomic E-state index is -1.10. The van der Waals surface area contributed by atoms with Crippen molar-refractivity contribution in [3.63, 3.8) is 0 Å². The molecule has 0 aliphatic carbocycles. The van der Waals surface area contributed by atoms with Crippen molar-refractivity contribution in [2.45, 2.75) is 26.6 Å². The predicted molar refractivity (Wildman–Crippen MR) is 114 cm³/mol. The molecule has 1 aliphatic rings. The summed E-state index contributed by atoms with van der Waals surface area (Å²) in [4.78, 5) is 48.0. The van der Waals surface area contributed by atoms with E-state index in [1.165, 1.54) is 4.90 Å². The second-order valence-corrected chi connectivity index (χ2v) is 7.94. The lowest BCUT2D eigenvalue weighted by Gasteiger charge is -2.22. The number of nitro groups is 1. The summed E-state index contributed by atoms with van der Waals surface area (Å²) in [6.45, 7) is 3.93. The maximum Gasteiger partial charge on any atom is 0.338 e. The molecule has 0 bridgehead atoms. The van der Waals surface area contributed by atoms with E-state index in [2.05, 4.69) is 0 Å². The van der Waals surface area contributed by atoms with Crippen LogP contribution in [0.5, 0.6) is 0 Å². The van der Waals surface area contributed by atoms with E-state index in [1.54, 1.807) is 38.1 Å². The Labute approximate surface area is 184 Å². The minimum Gasteiger partial charge on any atom is -0.457 e. The van der Waals surface area contributed by atoms with Crippen LogP contribution < -0.4 is 4.90 Å². The molecule has 2 aromatic carbocycles. The lowest BCUT2D eigenvalue weighted by Crippen LogP contribution is -2.35. The van der Waals surface area contributed by atoms with Crippen LogP contribution in [0.2, 0.25) is 0 Å². The van der Waals surface area contributed by atoms with E-state index in [0.717, 1.165) is 5.56 Å². The SMILES string of the molecule is CC1(C)CN(c2ccc(C(=O)OCc3ccccc3)cc2)C(=O)C1OC(=O)C=C[N+](=O)[O-]. The molecule has 3 rings (SSSR count). The van der Waals surface area contributed by atoms with Gasteiger partial charge in [0.25, 0.3) is 5.91 Å². The van der Waals surface area contributed by atoms with Crippen LogP contribution in [0.15, 0.2) is 66.9 Å². The van der Waals surface area contributed by atoms with Gasteiger partial charge in [-0.3, -0.25) is 14.9 Å². The van der Waals surface area contributed by atoms with Crippen molar-refractivity contribution in [2.24, 2.45) is 5.41 Å². The standard InChI is InChI=1S/C23H22N2O7/c1-23(2)15-24(21(27)20(23)32-19(26)12-13-25(29)30)18-10-8-17(9-11-18)22(28)31-14-16-6-4-3-5-7-16/h3-13,20H,14-15H2,1-2H3. The van der Waals surface area contributed by atoms with Crippen molar-refractivity contribution in [1.29, 1.82) is 0 Å². The van der Waals surface area contributed by atoms with Crippen molar-refractivity contribution in [3.8, 4) is 0 Å². The van der Waals surface area contributed by atoms with Crippen LogP contribution in [0.1, 0.15) is 29.8 Å². The van der Waals surface area contributed by atoms with E-state index in [4.69, 9.17) is 9.47 Å². The normalized spacial score (nSPS) is 17.4. The molecule has 1 unspecified atom stereocenters.